The molecule has 0 aliphatic rings. The normalized spacial score (nSPS) is 11.7. The minimum absolute atomic E-state index is 0.114. The molecule has 1 aromatic rings. The van der Waals surface area contributed by atoms with Crippen molar-refractivity contribution in [3.63, 3.8) is 0 Å². The van der Waals surface area contributed by atoms with Gasteiger partial charge in [0.2, 0.25) is 0 Å². The molecule has 0 radical (unpaired) electrons. The van der Waals surface area contributed by atoms with Crippen LogP contribution < -0.4 is 10.5 Å². The van der Waals surface area contributed by atoms with Gasteiger partial charge in [-0.2, -0.15) is 0 Å². The summed E-state index contributed by atoms with van der Waals surface area (Å²) in [7, 11) is 1.37. The molecule has 0 unspecified atom stereocenters. The molecule has 6 heteroatoms. The Balaban J connectivity index is 3.37. The number of ether oxygens (including phenoxy) is 1. The fraction of sp³-hybridized carbons (Fsp3) is 0.154. The first kappa shape index (κ1) is 15.1. The third-order valence-electron chi connectivity index (χ3n) is 2.47. The monoisotopic (exact) mass is 283 g/mol. The first-order valence-electron chi connectivity index (χ1n) is 5.22. The van der Waals surface area contributed by atoms with Crippen molar-refractivity contribution >= 4 is 23.3 Å². The fourth-order valence-corrected chi connectivity index (χ4v) is 1.95. The molecule has 0 aliphatic carbocycles. The molecule has 0 amide bonds. The van der Waals surface area contributed by atoms with E-state index in [1.165, 1.54) is 19.2 Å². The fourth-order valence-electron chi connectivity index (χ4n) is 1.53. The second kappa shape index (κ2) is 6.29. The summed E-state index contributed by atoms with van der Waals surface area (Å²) in [5.74, 6) is -1.46. The lowest BCUT2D eigenvalue weighted by atomic mass is 9.99. The van der Waals surface area contributed by atoms with Gasteiger partial charge < -0.3 is 15.6 Å². The van der Waals surface area contributed by atoms with Crippen LogP contribution in [0.4, 0.5) is 4.39 Å². The lowest BCUT2D eigenvalue weighted by Gasteiger charge is -2.13. The number of rotatable bonds is 5. The summed E-state index contributed by atoms with van der Waals surface area (Å²) in [4.78, 5) is 11.3. The van der Waals surface area contributed by atoms with Crippen molar-refractivity contribution in [3.05, 3.63) is 46.8 Å². The highest BCUT2D eigenvalue weighted by atomic mass is 32.2. The van der Waals surface area contributed by atoms with Crippen LogP contribution in [0.25, 0.3) is 5.57 Å². The number of thioether (sulfide) groups is 1. The highest BCUT2D eigenvalue weighted by Gasteiger charge is 2.20. The molecule has 102 valence electrons. The van der Waals surface area contributed by atoms with Crippen LogP contribution in [0.5, 0.6) is 5.75 Å². The van der Waals surface area contributed by atoms with Crippen LogP contribution in [0, 0.1) is 5.82 Å². The number of hydrogen-bond acceptors (Lipinski definition) is 4. The van der Waals surface area contributed by atoms with E-state index in [1.54, 1.807) is 6.26 Å². The Hall–Kier alpha value is -1.95. The van der Waals surface area contributed by atoms with E-state index >= 15 is 0 Å². The quantitative estimate of drug-likeness (QED) is 0.641. The van der Waals surface area contributed by atoms with Gasteiger partial charge in [0.05, 0.1) is 17.7 Å². The maximum atomic E-state index is 13.1. The Morgan fingerprint density at radius 3 is 2.63 bits per heavy atom. The van der Waals surface area contributed by atoms with Crippen molar-refractivity contribution in [2.75, 3.05) is 13.4 Å². The Kier molecular flexibility index (Phi) is 5.00. The van der Waals surface area contributed by atoms with Gasteiger partial charge >= 0.3 is 5.97 Å². The van der Waals surface area contributed by atoms with Crippen molar-refractivity contribution in [1.29, 1.82) is 0 Å². The van der Waals surface area contributed by atoms with Gasteiger partial charge in [-0.25, -0.2) is 9.18 Å². The van der Waals surface area contributed by atoms with Gasteiger partial charge in [-0.1, -0.05) is 6.58 Å². The van der Waals surface area contributed by atoms with Crippen LogP contribution in [-0.4, -0.2) is 24.4 Å². The number of methoxy groups -OCH3 is 1. The number of hydrogen-bond donors (Lipinski definition) is 2. The second-order valence-corrected chi connectivity index (χ2v) is 4.42. The van der Waals surface area contributed by atoms with E-state index in [0.29, 0.717) is 5.56 Å². The minimum Gasteiger partial charge on any atom is -0.496 e. The van der Waals surface area contributed by atoms with E-state index in [1.807, 2.05) is 0 Å². The minimum atomic E-state index is -1.19. The number of aliphatic carboxylic acids is 1. The van der Waals surface area contributed by atoms with Gasteiger partial charge in [-0.05, 0) is 24.0 Å². The molecule has 3 N–H and O–H groups in total. The van der Waals surface area contributed by atoms with Crippen molar-refractivity contribution in [1.82, 2.24) is 0 Å². The maximum absolute atomic E-state index is 13.1. The van der Waals surface area contributed by atoms with E-state index in [9.17, 15) is 14.3 Å². The molecule has 1 rings (SSSR count). The van der Waals surface area contributed by atoms with Gasteiger partial charge in [-0.3, -0.25) is 0 Å². The standard InChI is InChI=1S/C13H14FNO3S/c1-7(11(13(16)17)12(15)19-3)9-5-4-8(14)6-10(9)18-2/h4-6H,1,15H2,2-3H3,(H,16,17)/b12-11+. The molecule has 0 bridgehead atoms. The summed E-state index contributed by atoms with van der Waals surface area (Å²) in [5.41, 5.74) is 6.11. The van der Waals surface area contributed by atoms with Crippen LogP contribution in [0.2, 0.25) is 0 Å². The van der Waals surface area contributed by atoms with E-state index in [4.69, 9.17) is 10.5 Å². The van der Waals surface area contributed by atoms with Crippen LogP contribution in [0.1, 0.15) is 5.56 Å². The van der Waals surface area contributed by atoms with Crippen molar-refractivity contribution in [2.45, 2.75) is 0 Å². The number of halogens is 1. The maximum Gasteiger partial charge on any atom is 0.338 e. The van der Waals surface area contributed by atoms with E-state index in [2.05, 4.69) is 6.58 Å². The second-order valence-electron chi connectivity index (χ2n) is 3.57. The predicted molar refractivity (Wildman–Crippen MR) is 74.4 cm³/mol. The summed E-state index contributed by atoms with van der Waals surface area (Å²) in [6.45, 7) is 3.72. The summed E-state index contributed by atoms with van der Waals surface area (Å²) < 4.78 is 18.1. The zero-order valence-electron chi connectivity index (χ0n) is 10.6. The Bertz CT molecular complexity index is 555. The summed E-state index contributed by atoms with van der Waals surface area (Å²) in [6.07, 6.45) is 1.66. The van der Waals surface area contributed by atoms with Crippen LogP contribution in [0.3, 0.4) is 0 Å². The zero-order chi connectivity index (χ0) is 14.6. The number of carbonyl (C=O) groups is 1. The van der Waals surface area contributed by atoms with Gasteiger partial charge in [0.1, 0.15) is 11.6 Å². The first-order chi connectivity index (χ1) is 8.92. The first-order valence-corrected chi connectivity index (χ1v) is 6.45. The van der Waals surface area contributed by atoms with Crippen LogP contribution in [-0.2, 0) is 4.79 Å². The van der Waals surface area contributed by atoms with Gasteiger partial charge in [0.25, 0.3) is 0 Å². The Labute approximate surface area is 114 Å². The van der Waals surface area contributed by atoms with Gasteiger partial charge in [0.15, 0.2) is 0 Å². The van der Waals surface area contributed by atoms with Crippen LogP contribution in [0.15, 0.2) is 35.4 Å². The number of carboxylic acids is 1. The SMILES string of the molecule is C=C(/C(C(=O)O)=C(/N)SC)c1ccc(F)cc1OC. The molecule has 0 aliphatic heterocycles. The lowest BCUT2D eigenvalue weighted by molar-refractivity contribution is -0.132. The summed E-state index contributed by atoms with van der Waals surface area (Å²) in [5, 5.41) is 9.33. The van der Waals surface area contributed by atoms with E-state index in [-0.39, 0.29) is 21.9 Å². The molecular formula is C13H14FNO3S. The van der Waals surface area contributed by atoms with Crippen LogP contribution >= 0.6 is 11.8 Å². The topological polar surface area (TPSA) is 72.5 Å². The largest absolute Gasteiger partial charge is 0.496 e. The molecule has 0 saturated carbocycles. The molecule has 0 spiro atoms. The number of nitrogens with two attached hydrogens (primary N) is 1. The van der Waals surface area contributed by atoms with E-state index < -0.39 is 11.8 Å². The van der Waals surface area contributed by atoms with Crippen molar-refractivity contribution < 1.29 is 19.0 Å². The lowest BCUT2D eigenvalue weighted by Crippen LogP contribution is -2.10. The Morgan fingerprint density at radius 2 is 2.16 bits per heavy atom. The third kappa shape index (κ3) is 3.29. The highest BCUT2D eigenvalue weighted by Crippen LogP contribution is 2.32. The van der Waals surface area contributed by atoms with Gasteiger partial charge in [-0.15, -0.1) is 11.8 Å². The van der Waals surface area contributed by atoms with E-state index in [0.717, 1.165) is 17.8 Å². The third-order valence-corrected chi connectivity index (χ3v) is 3.11. The average Bonchev–Trinajstić information content (AvgIpc) is 2.37. The molecule has 0 atom stereocenters. The summed E-state index contributed by atoms with van der Waals surface area (Å²) in [6, 6.07) is 3.78. The summed E-state index contributed by atoms with van der Waals surface area (Å²) >= 11 is 1.10. The predicted octanol–water partition coefficient (Wildman–Crippen LogP) is 2.47. The average molecular weight is 283 g/mol. The van der Waals surface area contributed by atoms with Crippen molar-refractivity contribution in [3.8, 4) is 5.75 Å². The molecule has 19 heavy (non-hydrogen) atoms. The molecule has 0 saturated heterocycles. The molecule has 0 heterocycles. The highest BCUT2D eigenvalue weighted by molar-refractivity contribution is 8.02. The molecule has 0 fully saturated rings. The smallest absolute Gasteiger partial charge is 0.338 e. The molecule has 1 aromatic carbocycles. The number of carboxylic acid groups (broad SMARTS) is 1. The zero-order valence-corrected chi connectivity index (χ0v) is 11.4. The molecule has 4 nitrogen and oxygen atoms in total. The Morgan fingerprint density at radius 1 is 1.53 bits per heavy atom. The van der Waals surface area contributed by atoms with Crippen molar-refractivity contribution in [2.24, 2.45) is 5.73 Å². The number of benzene rings is 1. The molecule has 0 aromatic heterocycles. The van der Waals surface area contributed by atoms with Gasteiger partial charge in [0, 0.05) is 11.6 Å². The molecular weight excluding hydrogens is 269 g/mol.